The highest BCUT2D eigenvalue weighted by atomic mass is 16.8. The topological polar surface area (TPSA) is 59.3 Å². The van der Waals surface area contributed by atoms with Crippen LogP contribution in [0.4, 0.5) is 0 Å². The van der Waals surface area contributed by atoms with Gasteiger partial charge in [-0.05, 0) is 20.3 Å². The average Bonchev–Trinajstić information content (AvgIpc) is 2.49. The van der Waals surface area contributed by atoms with Crippen molar-refractivity contribution in [2.45, 2.75) is 58.0 Å². The summed E-state index contributed by atoms with van der Waals surface area (Å²) in [7, 11) is 0. The van der Waals surface area contributed by atoms with Crippen molar-refractivity contribution in [3.05, 3.63) is 0 Å². The standard InChI is InChI=1S/C11H17NO3/c1-4-8(13)10-9(6-5-7-12)14-11(2,3)15-10/h9-10H,4-6H2,1-3H3/t9-,10-/m1/s1. The molecule has 84 valence electrons. The Labute approximate surface area is 90.2 Å². The van der Waals surface area contributed by atoms with Crippen LogP contribution in [0, 0.1) is 11.3 Å². The third-order valence-electron chi connectivity index (χ3n) is 2.39. The number of carbonyl (C=O) groups excluding carboxylic acids is 1. The van der Waals surface area contributed by atoms with Crippen LogP contribution in [0.3, 0.4) is 0 Å². The van der Waals surface area contributed by atoms with Gasteiger partial charge in [0.25, 0.3) is 0 Å². The molecule has 1 aliphatic heterocycles. The van der Waals surface area contributed by atoms with Crippen molar-refractivity contribution in [3.63, 3.8) is 0 Å². The Morgan fingerprint density at radius 3 is 2.67 bits per heavy atom. The van der Waals surface area contributed by atoms with E-state index in [1.165, 1.54) is 0 Å². The minimum Gasteiger partial charge on any atom is -0.344 e. The van der Waals surface area contributed by atoms with Crippen LogP contribution in [0.1, 0.15) is 40.0 Å². The molecule has 2 atom stereocenters. The molecule has 4 heteroatoms. The van der Waals surface area contributed by atoms with E-state index in [2.05, 4.69) is 6.07 Å². The second kappa shape index (κ2) is 4.73. The quantitative estimate of drug-likeness (QED) is 0.711. The van der Waals surface area contributed by atoms with Gasteiger partial charge in [0.05, 0.1) is 12.2 Å². The summed E-state index contributed by atoms with van der Waals surface area (Å²) in [6.07, 6.45) is 0.603. The summed E-state index contributed by atoms with van der Waals surface area (Å²) in [5.41, 5.74) is 0. The number of hydrogen-bond acceptors (Lipinski definition) is 4. The number of ether oxygens (including phenoxy) is 2. The third kappa shape index (κ3) is 3.01. The van der Waals surface area contributed by atoms with E-state index in [4.69, 9.17) is 14.7 Å². The molecular formula is C11H17NO3. The zero-order chi connectivity index (χ0) is 11.5. The Bertz CT molecular complexity index is 280. The van der Waals surface area contributed by atoms with Crippen LogP contribution in [-0.2, 0) is 14.3 Å². The monoisotopic (exact) mass is 211 g/mol. The lowest BCUT2D eigenvalue weighted by atomic mass is 10.0. The van der Waals surface area contributed by atoms with Crippen molar-refractivity contribution in [3.8, 4) is 6.07 Å². The van der Waals surface area contributed by atoms with Crippen molar-refractivity contribution in [1.82, 2.24) is 0 Å². The first-order valence-corrected chi connectivity index (χ1v) is 5.25. The maximum Gasteiger partial charge on any atom is 0.164 e. The number of nitriles is 1. The summed E-state index contributed by atoms with van der Waals surface area (Å²) in [6.45, 7) is 5.38. The molecule has 0 saturated carbocycles. The largest absolute Gasteiger partial charge is 0.344 e. The van der Waals surface area contributed by atoms with Gasteiger partial charge < -0.3 is 9.47 Å². The molecule has 0 spiro atoms. The highest BCUT2D eigenvalue weighted by molar-refractivity contribution is 5.83. The fourth-order valence-electron chi connectivity index (χ4n) is 1.73. The van der Waals surface area contributed by atoms with Crippen molar-refractivity contribution < 1.29 is 14.3 Å². The lowest BCUT2D eigenvalue weighted by Gasteiger charge is -2.16. The summed E-state index contributed by atoms with van der Waals surface area (Å²) in [6, 6.07) is 2.05. The van der Waals surface area contributed by atoms with Crippen molar-refractivity contribution in [1.29, 1.82) is 5.26 Å². The molecule has 1 saturated heterocycles. The van der Waals surface area contributed by atoms with E-state index >= 15 is 0 Å². The van der Waals surface area contributed by atoms with Crippen LogP contribution in [0.15, 0.2) is 0 Å². The summed E-state index contributed by atoms with van der Waals surface area (Å²) in [5, 5.41) is 8.51. The molecule has 0 aromatic heterocycles. The summed E-state index contributed by atoms with van der Waals surface area (Å²) in [5.74, 6) is -0.668. The summed E-state index contributed by atoms with van der Waals surface area (Å²) in [4.78, 5) is 11.6. The van der Waals surface area contributed by atoms with Gasteiger partial charge in [0, 0.05) is 12.8 Å². The molecule has 0 aromatic rings. The smallest absolute Gasteiger partial charge is 0.164 e. The van der Waals surface area contributed by atoms with Gasteiger partial charge in [-0.1, -0.05) is 6.92 Å². The predicted octanol–water partition coefficient (Wildman–Crippen LogP) is 1.79. The Morgan fingerprint density at radius 1 is 1.47 bits per heavy atom. The molecule has 4 nitrogen and oxygen atoms in total. The van der Waals surface area contributed by atoms with E-state index < -0.39 is 11.9 Å². The molecule has 1 rings (SSSR count). The molecule has 1 aliphatic rings. The Kier molecular flexibility index (Phi) is 3.83. The first kappa shape index (κ1) is 12.2. The number of rotatable bonds is 4. The minimum atomic E-state index is -0.713. The van der Waals surface area contributed by atoms with E-state index in [1.54, 1.807) is 20.8 Å². The predicted molar refractivity (Wildman–Crippen MR) is 54.0 cm³/mol. The van der Waals surface area contributed by atoms with E-state index in [-0.39, 0.29) is 11.9 Å². The maximum absolute atomic E-state index is 11.6. The molecule has 0 amide bonds. The average molecular weight is 211 g/mol. The lowest BCUT2D eigenvalue weighted by Crippen LogP contribution is -2.31. The van der Waals surface area contributed by atoms with Gasteiger partial charge in [0.15, 0.2) is 11.6 Å². The molecule has 0 bridgehead atoms. The summed E-state index contributed by atoms with van der Waals surface area (Å²) < 4.78 is 11.1. The van der Waals surface area contributed by atoms with Crippen LogP contribution in [0.5, 0.6) is 0 Å². The highest BCUT2D eigenvalue weighted by Crippen LogP contribution is 2.31. The number of ketones is 1. The second-order valence-corrected chi connectivity index (χ2v) is 4.11. The van der Waals surface area contributed by atoms with Crippen molar-refractivity contribution in [2.75, 3.05) is 0 Å². The minimum absolute atomic E-state index is 0.0449. The lowest BCUT2D eigenvalue weighted by molar-refractivity contribution is -0.154. The van der Waals surface area contributed by atoms with Gasteiger partial charge in [-0.2, -0.15) is 5.26 Å². The molecule has 1 heterocycles. The fraction of sp³-hybridized carbons (Fsp3) is 0.818. The van der Waals surface area contributed by atoms with Crippen LogP contribution in [0.25, 0.3) is 0 Å². The van der Waals surface area contributed by atoms with Gasteiger partial charge >= 0.3 is 0 Å². The van der Waals surface area contributed by atoms with E-state index in [0.29, 0.717) is 19.3 Å². The summed E-state index contributed by atoms with van der Waals surface area (Å²) >= 11 is 0. The zero-order valence-corrected chi connectivity index (χ0v) is 9.45. The van der Waals surface area contributed by atoms with Gasteiger partial charge in [-0.25, -0.2) is 0 Å². The molecule has 0 unspecified atom stereocenters. The highest BCUT2D eigenvalue weighted by Gasteiger charge is 2.43. The van der Waals surface area contributed by atoms with Gasteiger partial charge in [-0.15, -0.1) is 0 Å². The van der Waals surface area contributed by atoms with Crippen LogP contribution in [-0.4, -0.2) is 23.8 Å². The van der Waals surface area contributed by atoms with Crippen LogP contribution < -0.4 is 0 Å². The van der Waals surface area contributed by atoms with Crippen LogP contribution in [0.2, 0.25) is 0 Å². The number of hydrogen-bond donors (Lipinski definition) is 0. The molecule has 0 radical (unpaired) electrons. The van der Waals surface area contributed by atoms with E-state index in [9.17, 15) is 4.79 Å². The van der Waals surface area contributed by atoms with E-state index in [0.717, 1.165) is 0 Å². The maximum atomic E-state index is 11.6. The first-order valence-electron chi connectivity index (χ1n) is 5.25. The third-order valence-corrected chi connectivity index (χ3v) is 2.39. The Morgan fingerprint density at radius 2 is 2.13 bits per heavy atom. The molecule has 0 N–H and O–H groups in total. The fourth-order valence-corrected chi connectivity index (χ4v) is 1.73. The molecule has 0 aromatic carbocycles. The van der Waals surface area contributed by atoms with Crippen molar-refractivity contribution >= 4 is 5.78 Å². The van der Waals surface area contributed by atoms with Gasteiger partial charge in [0.2, 0.25) is 0 Å². The zero-order valence-electron chi connectivity index (χ0n) is 9.45. The van der Waals surface area contributed by atoms with Crippen LogP contribution >= 0.6 is 0 Å². The van der Waals surface area contributed by atoms with Crippen molar-refractivity contribution in [2.24, 2.45) is 0 Å². The normalized spacial score (nSPS) is 28.7. The number of Topliss-reactive ketones (excluding diaryl/α,β-unsaturated/α-hetero) is 1. The molecule has 0 aliphatic carbocycles. The molecular weight excluding hydrogens is 194 g/mol. The van der Waals surface area contributed by atoms with Gasteiger partial charge in [-0.3, -0.25) is 4.79 Å². The Hall–Kier alpha value is -0.920. The van der Waals surface area contributed by atoms with E-state index in [1.807, 2.05) is 0 Å². The first-order chi connectivity index (χ1) is 7.00. The second-order valence-electron chi connectivity index (χ2n) is 4.11. The number of carbonyl (C=O) groups is 1. The SMILES string of the molecule is CCC(=O)[C@H]1OC(C)(C)O[C@@H]1CCC#N. The molecule has 1 fully saturated rings. The number of nitrogens with zero attached hydrogens (tertiary/aromatic N) is 1. The van der Waals surface area contributed by atoms with Gasteiger partial charge in [0.1, 0.15) is 6.10 Å². The Balaban J connectivity index is 2.66. The molecule has 15 heavy (non-hydrogen) atoms.